The molecule has 0 bridgehead atoms. The number of anilines is 1. The lowest BCUT2D eigenvalue weighted by molar-refractivity contribution is 0.102. The Morgan fingerprint density at radius 2 is 2.50 bits per heavy atom. The predicted octanol–water partition coefficient (Wildman–Crippen LogP) is 1.17. The van der Waals surface area contributed by atoms with E-state index in [1.807, 2.05) is 0 Å². The molecule has 1 atom stereocenters. The summed E-state index contributed by atoms with van der Waals surface area (Å²) in [4.78, 5) is 15.7. The quantitative estimate of drug-likeness (QED) is 0.748. The Labute approximate surface area is 95.3 Å². The molecular formula is C9H10N4O2S. The van der Waals surface area contributed by atoms with Crippen molar-refractivity contribution in [2.24, 2.45) is 0 Å². The van der Waals surface area contributed by atoms with Crippen molar-refractivity contribution in [2.45, 2.75) is 13.0 Å². The van der Waals surface area contributed by atoms with Crippen LogP contribution in [0.4, 0.5) is 5.13 Å². The lowest BCUT2D eigenvalue weighted by atomic mass is 10.3. The number of aromatic nitrogens is 3. The van der Waals surface area contributed by atoms with Gasteiger partial charge in [0.15, 0.2) is 5.13 Å². The van der Waals surface area contributed by atoms with Gasteiger partial charge in [-0.05, 0) is 6.92 Å². The normalized spacial score (nSPS) is 12.4. The van der Waals surface area contributed by atoms with Gasteiger partial charge in [-0.25, -0.2) is 4.98 Å². The van der Waals surface area contributed by atoms with Crippen molar-refractivity contribution in [3.05, 3.63) is 29.0 Å². The molecule has 2 rings (SSSR count). The van der Waals surface area contributed by atoms with Crippen molar-refractivity contribution in [3.63, 3.8) is 0 Å². The Hall–Kier alpha value is -1.73. The van der Waals surface area contributed by atoms with Crippen LogP contribution in [0.3, 0.4) is 0 Å². The van der Waals surface area contributed by atoms with Gasteiger partial charge in [0.05, 0.1) is 23.6 Å². The molecular weight excluding hydrogens is 228 g/mol. The molecule has 2 aromatic heterocycles. The van der Waals surface area contributed by atoms with Gasteiger partial charge in [-0.1, -0.05) is 0 Å². The highest BCUT2D eigenvalue weighted by Gasteiger charge is 2.11. The summed E-state index contributed by atoms with van der Waals surface area (Å²) in [6.07, 6.45) is 2.30. The number of H-pyrrole nitrogens is 1. The molecule has 16 heavy (non-hydrogen) atoms. The van der Waals surface area contributed by atoms with E-state index in [9.17, 15) is 9.90 Å². The molecule has 0 radical (unpaired) electrons. The number of hydrogen-bond acceptors (Lipinski definition) is 5. The molecule has 2 heterocycles. The number of aliphatic hydroxyl groups excluding tert-OH is 1. The molecule has 3 N–H and O–H groups in total. The van der Waals surface area contributed by atoms with Crippen LogP contribution in [0.15, 0.2) is 17.8 Å². The number of carbonyl (C=O) groups excluding carboxylic acids is 1. The summed E-state index contributed by atoms with van der Waals surface area (Å²) < 4.78 is 0. The summed E-state index contributed by atoms with van der Waals surface area (Å²) in [5.74, 6) is -0.278. The molecule has 1 amide bonds. The number of amides is 1. The monoisotopic (exact) mass is 238 g/mol. The van der Waals surface area contributed by atoms with E-state index < -0.39 is 6.10 Å². The minimum absolute atomic E-state index is 0.278. The second-order valence-electron chi connectivity index (χ2n) is 3.19. The summed E-state index contributed by atoms with van der Waals surface area (Å²) >= 11 is 1.27. The van der Waals surface area contributed by atoms with Crippen LogP contribution in [0.25, 0.3) is 0 Å². The summed E-state index contributed by atoms with van der Waals surface area (Å²) in [7, 11) is 0. The molecule has 84 valence electrons. The first-order valence-electron chi connectivity index (χ1n) is 4.60. The number of nitrogens with zero attached hydrogens (tertiary/aromatic N) is 2. The smallest absolute Gasteiger partial charge is 0.260 e. The summed E-state index contributed by atoms with van der Waals surface area (Å²) in [5, 5.41) is 20.3. The van der Waals surface area contributed by atoms with Crippen LogP contribution in [0, 0.1) is 0 Å². The van der Waals surface area contributed by atoms with E-state index in [2.05, 4.69) is 20.5 Å². The van der Waals surface area contributed by atoms with Crippen LogP contribution in [0.1, 0.15) is 29.1 Å². The van der Waals surface area contributed by atoms with Gasteiger partial charge in [0.2, 0.25) is 0 Å². The fourth-order valence-corrected chi connectivity index (χ4v) is 1.87. The minimum Gasteiger partial charge on any atom is -0.387 e. The van der Waals surface area contributed by atoms with E-state index in [-0.39, 0.29) is 5.91 Å². The van der Waals surface area contributed by atoms with Gasteiger partial charge in [0, 0.05) is 11.6 Å². The fraction of sp³-hybridized carbons (Fsp3) is 0.222. The third kappa shape index (κ3) is 2.26. The summed E-state index contributed by atoms with van der Waals surface area (Å²) in [5.41, 5.74) is 0.987. The number of nitrogens with one attached hydrogen (secondary N) is 2. The zero-order chi connectivity index (χ0) is 11.5. The third-order valence-corrected chi connectivity index (χ3v) is 2.71. The van der Waals surface area contributed by atoms with E-state index in [4.69, 9.17) is 0 Å². The average molecular weight is 238 g/mol. The number of aliphatic hydroxyl groups is 1. The van der Waals surface area contributed by atoms with Crippen LogP contribution < -0.4 is 5.32 Å². The topological polar surface area (TPSA) is 90.9 Å². The number of thiazole rings is 1. The predicted molar refractivity (Wildman–Crippen MR) is 59.3 cm³/mol. The van der Waals surface area contributed by atoms with Crippen LogP contribution in [0.5, 0.6) is 0 Å². The average Bonchev–Trinajstić information content (AvgIpc) is 2.87. The number of carbonyl (C=O) groups is 1. The standard InChI is InChI=1S/C9H10N4O2S/c1-5(14)7-4-16-9(12-7)13-8(15)6-2-10-11-3-6/h2-5,14H,1H3,(H,10,11)(H,12,13,15). The Balaban J connectivity index is 2.07. The van der Waals surface area contributed by atoms with E-state index in [1.165, 1.54) is 23.7 Å². The molecule has 1 unspecified atom stereocenters. The fourth-order valence-electron chi connectivity index (χ4n) is 1.08. The summed E-state index contributed by atoms with van der Waals surface area (Å²) in [6, 6.07) is 0. The van der Waals surface area contributed by atoms with Crippen molar-refractivity contribution >= 4 is 22.4 Å². The highest BCUT2D eigenvalue weighted by Crippen LogP contribution is 2.20. The highest BCUT2D eigenvalue weighted by molar-refractivity contribution is 7.14. The van der Waals surface area contributed by atoms with Gasteiger partial charge in [0.1, 0.15) is 0 Å². The maximum atomic E-state index is 11.6. The molecule has 0 saturated carbocycles. The Bertz CT molecular complexity index is 477. The van der Waals surface area contributed by atoms with Crippen molar-refractivity contribution in [3.8, 4) is 0 Å². The lowest BCUT2D eigenvalue weighted by Gasteiger charge is -1.98. The Kier molecular flexibility index (Phi) is 2.97. The molecule has 0 spiro atoms. The highest BCUT2D eigenvalue weighted by atomic mass is 32.1. The molecule has 0 saturated heterocycles. The van der Waals surface area contributed by atoms with Crippen LogP contribution in [-0.2, 0) is 0 Å². The molecule has 0 aliphatic carbocycles. The van der Waals surface area contributed by atoms with E-state index in [0.717, 1.165) is 0 Å². The minimum atomic E-state index is -0.629. The van der Waals surface area contributed by atoms with E-state index >= 15 is 0 Å². The van der Waals surface area contributed by atoms with Gasteiger partial charge in [-0.15, -0.1) is 11.3 Å². The third-order valence-electron chi connectivity index (χ3n) is 1.93. The van der Waals surface area contributed by atoms with Crippen molar-refractivity contribution in [1.29, 1.82) is 0 Å². The number of hydrogen-bond donors (Lipinski definition) is 3. The van der Waals surface area contributed by atoms with Crippen LogP contribution in [0.2, 0.25) is 0 Å². The van der Waals surface area contributed by atoms with Crippen molar-refractivity contribution < 1.29 is 9.90 Å². The van der Waals surface area contributed by atoms with Crippen molar-refractivity contribution in [2.75, 3.05) is 5.32 Å². The van der Waals surface area contributed by atoms with Gasteiger partial charge in [-0.2, -0.15) is 5.10 Å². The van der Waals surface area contributed by atoms with Gasteiger partial charge >= 0.3 is 0 Å². The zero-order valence-corrected chi connectivity index (χ0v) is 9.28. The maximum absolute atomic E-state index is 11.6. The largest absolute Gasteiger partial charge is 0.387 e. The summed E-state index contributed by atoms with van der Waals surface area (Å²) in [6.45, 7) is 1.62. The first-order valence-corrected chi connectivity index (χ1v) is 5.48. The van der Waals surface area contributed by atoms with Crippen molar-refractivity contribution in [1.82, 2.24) is 15.2 Å². The van der Waals surface area contributed by atoms with Gasteiger partial charge < -0.3 is 5.11 Å². The van der Waals surface area contributed by atoms with Crippen LogP contribution >= 0.6 is 11.3 Å². The van der Waals surface area contributed by atoms with Gasteiger partial charge in [-0.3, -0.25) is 15.2 Å². The Morgan fingerprint density at radius 3 is 3.06 bits per heavy atom. The molecule has 0 aromatic carbocycles. The Morgan fingerprint density at radius 1 is 1.69 bits per heavy atom. The lowest BCUT2D eigenvalue weighted by Crippen LogP contribution is -2.10. The molecule has 0 aliphatic rings. The second kappa shape index (κ2) is 4.42. The number of aromatic amines is 1. The SMILES string of the molecule is CC(O)c1csc(NC(=O)c2cn[nH]c2)n1. The molecule has 6 nitrogen and oxygen atoms in total. The van der Waals surface area contributed by atoms with E-state index in [0.29, 0.717) is 16.4 Å². The van der Waals surface area contributed by atoms with Crippen LogP contribution in [-0.4, -0.2) is 26.2 Å². The number of rotatable bonds is 3. The molecule has 7 heteroatoms. The molecule has 0 fully saturated rings. The first-order chi connectivity index (χ1) is 7.66. The van der Waals surface area contributed by atoms with E-state index in [1.54, 1.807) is 12.3 Å². The van der Waals surface area contributed by atoms with Gasteiger partial charge in [0.25, 0.3) is 5.91 Å². The zero-order valence-electron chi connectivity index (χ0n) is 8.47. The molecule has 2 aromatic rings. The second-order valence-corrected chi connectivity index (χ2v) is 4.05. The maximum Gasteiger partial charge on any atom is 0.260 e. The molecule has 0 aliphatic heterocycles. The first kappa shape index (κ1) is 10.8.